The Morgan fingerprint density at radius 1 is 1.45 bits per heavy atom. The predicted molar refractivity (Wildman–Crippen MR) is 42.3 cm³/mol. The number of nitrogens with two attached hydrogens (primary N) is 1. The summed E-state index contributed by atoms with van der Waals surface area (Å²) in [5, 5.41) is 0. The van der Waals surface area contributed by atoms with E-state index in [1.807, 2.05) is 0 Å². The summed E-state index contributed by atoms with van der Waals surface area (Å²) in [6, 6.07) is 1.88. The highest BCUT2D eigenvalue weighted by atomic mass is 35.5. The van der Waals surface area contributed by atoms with Crippen LogP contribution in [0.1, 0.15) is 10.9 Å². The molecule has 0 spiro atoms. The number of hydrogen-bond donors (Lipinski definition) is 1. The minimum absolute atomic E-state index is 0.421. The van der Waals surface area contributed by atoms with Crippen LogP contribution in [-0.2, 0) is 0 Å². The van der Waals surface area contributed by atoms with Crippen molar-refractivity contribution in [2.75, 3.05) is 0 Å². The number of thiophene rings is 1. The van der Waals surface area contributed by atoms with Gasteiger partial charge in [0, 0.05) is 4.88 Å². The normalized spacial score (nSPS) is 13.9. The molecule has 0 unspecified atom stereocenters. The molecule has 1 atom stereocenters. The molecule has 0 saturated heterocycles. The third-order valence-corrected chi connectivity index (χ3v) is 2.53. The smallest absolute Gasteiger partial charge is 0.258 e. The van der Waals surface area contributed by atoms with Crippen LogP contribution < -0.4 is 5.73 Å². The first-order valence-corrected chi connectivity index (χ1v) is 4.09. The van der Waals surface area contributed by atoms with Crippen molar-refractivity contribution in [1.82, 2.24) is 0 Å². The standard InChI is InChI=1S/C6H6ClF2NS/c7-4-2-1-3(11-4)5(10)6(8)9/h1-2,5-6H,10H2/t5-/m0/s1. The fraction of sp³-hybridized carbons (Fsp3) is 0.333. The van der Waals surface area contributed by atoms with Crippen molar-refractivity contribution in [3.63, 3.8) is 0 Å². The van der Waals surface area contributed by atoms with Crippen molar-refractivity contribution in [1.29, 1.82) is 0 Å². The maximum Gasteiger partial charge on any atom is 0.258 e. The van der Waals surface area contributed by atoms with Crippen LogP contribution >= 0.6 is 22.9 Å². The lowest BCUT2D eigenvalue weighted by molar-refractivity contribution is 0.118. The van der Waals surface area contributed by atoms with Crippen LogP contribution in [0.2, 0.25) is 4.34 Å². The molecule has 2 N–H and O–H groups in total. The predicted octanol–water partition coefficient (Wildman–Crippen LogP) is 2.67. The summed E-state index contributed by atoms with van der Waals surface area (Å²) in [5.41, 5.74) is 5.15. The number of hydrogen-bond acceptors (Lipinski definition) is 2. The van der Waals surface area contributed by atoms with Crippen molar-refractivity contribution < 1.29 is 8.78 Å². The van der Waals surface area contributed by atoms with E-state index in [-0.39, 0.29) is 0 Å². The number of rotatable bonds is 2. The van der Waals surface area contributed by atoms with Crippen molar-refractivity contribution in [3.8, 4) is 0 Å². The van der Waals surface area contributed by atoms with Crippen molar-refractivity contribution in [2.45, 2.75) is 12.5 Å². The highest BCUT2D eigenvalue weighted by Crippen LogP contribution is 2.28. The third-order valence-electron chi connectivity index (χ3n) is 1.19. The second-order valence-corrected chi connectivity index (χ2v) is 3.75. The SMILES string of the molecule is N[C@@H](c1ccc(Cl)s1)C(F)F. The van der Waals surface area contributed by atoms with E-state index in [0.717, 1.165) is 11.3 Å². The maximum absolute atomic E-state index is 12.0. The fourth-order valence-electron chi connectivity index (χ4n) is 0.632. The van der Waals surface area contributed by atoms with Crippen molar-refractivity contribution in [2.24, 2.45) is 5.73 Å². The van der Waals surface area contributed by atoms with Gasteiger partial charge in [0.1, 0.15) is 6.04 Å². The van der Waals surface area contributed by atoms with Gasteiger partial charge in [0.25, 0.3) is 6.43 Å². The van der Waals surface area contributed by atoms with E-state index in [9.17, 15) is 8.78 Å². The summed E-state index contributed by atoms with van der Waals surface area (Å²) >= 11 is 6.61. The Kier molecular flexibility index (Phi) is 2.81. The van der Waals surface area contributed by atoms with Gasteiger partial charge in [0.15, 0.2) is 0 Å². The van der Waals surface area contributed by atoms with Gasteiger partial charge in [0.05, 0.1) is 4.34 Å². The summed E-state index contributed by atoms with van der Waals surface area (Å²) in [5.74, 6) is 0. The minimum atomic E-state index is -2.52. The summed E-state index contributed by atoms with van der Waals surface area (Å²) < 4.78 is 24.4. The summed E-state index contributed by atoms with van der Waals surface area (Å²) in [6.07, 6.45) is -2.52. The van der Waals surface area contributed by atoms with E-state index in [4.69, 9.17) is 17.3 Å². The molecule has 0 aliphatic rings. The van der Waals surface area contributed by atoms with Crippen LogP contribution in [0.5, 0.6) is 0 Å². The Morgan fingerprint density at radius 3 is 2.45 bits per heavy atom. The van der Waals surface area contributed by atoms with Gasteiger partial charge < -0.3 is 5.73 Å². The van der Waals surface area contributed by atoms with Crippen LogP contribution in [0.25, 0.3) is 0 Å². The average molecular weight is 198 g/mol. The zero-order valence-electron chi connectivity index (χ0n) is 5.43. The Balaban J connectivity index is 2.76. The molecular weight excluding hydrogens is 192 g/mol. The summed E-state index contributed by atoms with van der Waals surface area (Å²) in [6.45, 7) is 0. The van der Waals surface area contributed by atoms with Gasteiger partial charge >= 0.3 is 0 Å². The first-order valence-electron chi connectivity index (χ1n) is 2.90. The molecule has 0 aliphatic heterocycles. The van der Waals surface area contributed by atoms with E-state index < -0.39 is 12.5 Å². The molecular formula is C6H6ClF2NS. The Bertz CT molecular complexity index is 238. The molecule has 0 fully saturated rings. The van der Waals surface area contributed by atoms with Gasteiger partial charge in [-0.25, -0.2) is 8.78 Å². The highest BCUT2D eigenvalue weighted by molar-refractivity contribution is 7.16. The Hall–Kier alpha value is -0.190. The molecule has 0 bridgehead atoms. The van der Waals surface area contributed by atoms with Gasteiger partial charge in [-0.1, -0.05) is 11.6 Å². The van der Waals surface area contributed by atoms with E-state index >= 15 is 0 Å². The zero-order chi connectivity index (χ0) is 8.43. The van der Waals surface area contributed by atoms with E-state index in [1.165, 1.54) is 6.07 Å². The maximum atomic E-state index is 12.0. The van der Waals surface area contributed by atoms with E-state index in [0.29, 0.717) is 9.21 Å². The molecule has 62 valence electrons. The van der Waals surface area contributed by atoms with Crippen LogP contribution in [-0.4, -0.2) is 6.43 Å². The highest BCUT2D eigenvalue weighted by Gasteiger charge is 2.18. The quantitative estimate of drug-likeness (QED) is 0.775. The monoisotopic (exact) mass is 197 g/mol. The molecule has 0 radical (unpaired) electrons. The van der Waals surface area contributed by atoms with Gasteiger partial charge in [-0.15, -0.1) is 11.3 Å². The molecule has 1 nitrogen and oxygen atoms in total. The molecule has 0 aliphatic carbocycles. The second kappa shape index (κ2) is 3.47. The minimum Gasteiger partial charge on any atom is -0.319 e. The molecule has 1 aromatic rings. The third kappa shape index (κ3) is 2.12. The van der Waals surface area contributed by atoms with Crippen LogP contribution in [0, 0.1) is 0 Å². The lowest BCUT2D eigenvalue weighted by atomic mass is 10.3. The van der Waals surface area contributed by atoms with Crippen molar-refractivity contribution >= 4 is 22.9 Å². The van der Waals surface area contributed by atoms with E-state index in [2.05, 4.69) is 0 Å². The van der Waals surface area contributed by atoms with Crippen LogP contribution in [0.4, 0.5) is 8.78 Å². The molecule has 1 heterocycles. The molecule has 5 heteroatoms. The zero-order valence-corrected chi connectivity index (χ0v) is 7.00. The first kappa shape index (κ1) is 8.90. The Morgan fingerprint density at radius 2 is 2.09 bits per heavy atom. The van der Waals surface area contributed by atoms with Gasteiger partial charge in [0.2, 0.25) is 0 Å². The molecule has 0 saturated carbocycles. The van der Waals surface area contributed by atoms with Crippen LogP contribution in [0.3, 0.4) is 0 Å². The molecule has 11 heavy (non-hydrogen) atoms. The lowest BCUT2D eigenvalue weighted by Gasteiger charge is -2.05. The number of alkyl halides is 2. The Labute approximate surface area is 71.8 Å². The average Bonchev–Trinajstić information content (AvgIpc) is 2.34. The van der Waals surface area contributed by atoms with Crippen molar-refractivity contribution in [3.05, 3.63) is 21.3 Å². The molecule has 1 aromatic heterocycles. The van der Waals surface area contributed by atoms with Gasteiger partial charge in [-0.05, 0) is 12.1 Å². The van der Waals surface area contributed by atoms with Crippen LogP contribution in [0.15, 0.2) is 12.1 Å². The summed E-state index contributed by atoms with van der Waals surface area (Å²) in [4.78, 5) is 0.421. The first-order chi connectivity index (χ1) is 5.11. The molecule has 0 aromatic carbocycles. The topological polar surface area (TPSA) is 26.0 Å². The van der Waals surface area contributed by atoms with Gasteiger partial charge in [-0.2, -0.15) is 0 Å². The lowest BCUT2D eigenvalue weighted by Crippen LogP contribution is -2.17. The number of halogens is 3. The molecule has 0 amide bonds. The fourth-order valence-corrected chi connectivity index (χ4v) is 1.70. The summed E-state index contributed by atoms with van der Waals surface area (Å²) in [7, 11) is 0. The van der Waals surface area contributed by atoms with Gasteiger partial charge in [-0.3, -0.25) is 0 Å². The molecule has 1 rings (SSSR count). The second-order valence-electron chi connectivity index (χ2n) is 2.00. The van der Waals surface area contributed by atoms with E-state index in [1.54, 1.807) is 6.07 Å². The largest absolute Gasteiger partial charge is 0.319 e.